The van der Waals surface area contributed by atoms with E-state index in [1.165, 1.54) is 12.1 Å². The summed E-state index contributed by atoms with van der Waals surface area (Å²) < 4.78 is 29.3. The number of nitrogens with one attached hydrogen (secondary N) is 1. The van der Waals surface area contributed by atoms with Crippen LogP contribution >= 0.6 is 15.9 Å². The minimum Gasteiger partial charge on any atom is -0.310 e. The number of rotatable bonds is 5. The minimum absolute atomic E-state index is 0.101. The summed E-state index contributed by atoms with van der Waals surface area (Å²) in [6.07, 6.45) is 0.636. The molecule has 1 N–H and O–H groups in total. The zero-order valence-electron chi connectivity index (χ0n) is 12.3. The molecule has 1 unspecified atom stereocenters. The molecule has 0 aliphatic rings. The SMILES string of the molecule is CCNC(Cc1c(Br)c(C)nn1C)c1ccc(F)c(F)c1. The van der Waals surface area contributed by atoms with E-state index in [0.29, 0.717) is 6.42 Å². The van der Waals surface area contributed by atoms with Gasteiger partial charge in [0.1, 0.15) is 0 Å². The summed E-state index contributed by atoms with van der Waals surface area (Å²) in [4.78, 5) is 0. The number of hydrogen-bond acceptors (Lipinski definition) is 2. The van der Waals surface area contributed by atoms with Crippen molar-refractivity contribution in [1.82, 2.24) is 15.1 Å². The van der Waals surface area contributed by atoms with Gasteiger partial charge < -0.3 is 5.32 Å². The second kappa shape index (κ2) is 6.66. The number of aromatic nitrogens is 2. The molecule has 0 amide bonds. The van der Waals surface area contributed by atoms with Crippen molar-refractivity contribution in [3.05, 3.63) is 51.3 Å². The van der Waals surface area contributed by atoms with Gasteiger partial charge in [0.2, 0.25) is 0 Å². The van der Waals surface area contributed by atoms with Crippen LogP contribution in [0.1, 0.15) is 29.9 Å². The van der Waals surface area contributed by atoms with Gasteiger partial charge in [-0.1, -0.05) is 13.0 Å². The van der Waals surface area contributed by atoms with Crippen LogP contribution < -0.4 is 5.32 Å². The molecule has 3 nitrogen and oxygen atoms in total. The third kappa shape index (κ3) is 3.49. The maximum atomic E-state index is 13.5. The fraction of sp³-hybridized carbons (Fsp3) is 0.400. The standard InChI is InChI=1S/C15H18BrF2N3/c1-4-19-13(10-5-6-11(17)12(18)7-10)8-14-15(16)9(2)20-21(14)3/h5-7,13,19H,4,8H2,1-3H3. The summed E-state index contributed by atoms with van der Waals surface area (Å²) in [5.41, 5.74) is 2.65. The Morgan fingerprint density at radius 2 is 2.05 bits per heavy atom. The molecule has 1 aromatic heterocycles. The van der Waals surface area contributed by atoms with Crippen LogP contribution in [0.25, 0.3) is 0 Å². The van der Waals surface area contributed by atoms with Crippen LogP contribution in [-0.2, 0) is 13.5 Å². The molecule has 0 aliphatic carbocycles. The lowest BCUT2D eigenvalue weighted by molar-refractivity contribution is 0.493. The Balaban J connectivity index is 2.32. The average Bonchev–Trinajstić information content (AvgIpc) is 2.68. The first-order valence-corrected chi connectivity index (χ1v) is 7.59. The van der Waals surface area contributed by atoms with Crippen LogP contribution in [0, 0.1) is 18.6 Å². The minimum atomic E-state index is -0.827. The smallest absolute Gasteiger partial charge is 0.159 e. The number of benzene rings is 1. The number of likely N-dealkylation sites (N-methyl/N-ethyl adjacent to an activating group) is 1. The maximum absolute atomic E-state index is 13.5. The van der Waals surface area contributed by atoms with Gasteiger partial charge in [-0.25, -0.2) is 8.78 Å². The van der Waals surface area contributed by atoms with Crippen molar-refractivity contribution in [1.29, 1.82) is 0 Å². The molecular formula is C15H18BrF2N3. The van der Waals surface area contributed by atoms with Crippen molar-refractivity contribution < 1.29 is 8.78 Å². The molecule has 2 aromatic rings. The van der Waals surface area contributed by atoms with E-state index in [4.69, 9.17) is 0 Å². The number of nitrogens with zero attached hydrogens (tertiary/aromatic N) is 2. The highest BCUT2D eigenvalue weighted by molar-refractivity contribution is 9.10. The molecule has 2 rings (SSSR count). The van der Waals surface area contributed by atoms with E-state index in [1.807, 2.05) is 25.6 Å². The third-order valence-corrected chi connectivity index (χ3v) is 4.49. The molecule has 6 heteroatoms. The van der Waals surface area contributed by atoms with Crippen LogP contribution in [0.15, 0.2) is 22.7 Å². The lowest BCUT2D eigenvalue weighted by Gasteiger charge is -2.19. The molecule has 1 heterocycles. The average molecular weight is 358 g/mol. The van der Waals surface area contributed by atoms with Gasteiger partial charge in [-0.15, -0.1) is 0 Å². The van der Waals surface area contributed by atoms with Crippen molar-refractivity contribution >= 4 is 15.9 Å². The van der Waals surface area contributed by atoms with Gasteiger partial charge in [0.25, 0.3) is 0 Å². The van der Waals surface area contributed by atoms with Gasteiger partial charge in [-0.05, 0) is 47.1 Å². The predicted molar refractivity (Wildman–Crippen MR) is 82.1 cm³/mol. The van der Waals surface area contributed by atoms with Gasteiger partial charge >= 0.3 is 0 Å². The van der Waals surface area contributed by atoms with E-state index in [2.05, 4.69) is 26.3 Å². The Bertz CT molecular complexity index is 640. The second-order valence-electron chi connectivity index (χ2n) is 4.96. The first kappa shape index (κ1) is 16.1. The van der Waals surface area contributed by atoms with Crippen LogP contribution in [-0.4, -0.2) is 16.3 Å². The van der Waals surface area contributed by atoms with E-state index >= 15 is 0 Å². The molecule has 0 saturated heterocycles. The largest absolute Gasteiger partial charge is 0.310 e. The van der Waals surface area contributed by atoms with Crippen molar-refractivity contribution in [3.8, 4) is 0 Å². The molecule has 0 saturated carbocycles. The van der Waals surface area contributed by atoms with Crippen LogP contribution in [0.4, 0.5) is 8.78 Å². The lowest BCUT2D eigenvalue weighted by atomic mass is 10.0. The number of aryl methyl sites for hydroxylation is 2. The fourth-order valence-corrected chi connectivity index (χ4v) is 2.88. The molecule has 114 valence electrons. The number of hydrogen-bond donors (Lipinski definition) is 1. The van der Waals surface area contributed by atoms with Gasteiger partial charge in [0.15, 0.2) is 11.6 Å². The summed E-state index contributed by atoms with van der Waals surface area (Å²) in [7, 11) is 1.88. The highest BCUT2D eigenvalue weighted by Crippen LogP contribution is 2.26. The molecule has 0 aliphatic heterocycles. The van der Waals surface area contributed by atoms with Gasteiger partial charge in [-0.2, -0.15) is 5.10 Å². The Kier molecular flexibility index (Phi) is 5.11. The van der Waals surface area contributed by atoms with E-state index in [9.17, 15) is 8.78 Å². The zero-order chi connectivity index (χ0) is 15.6. The predicted octanol–water partition coefficient (Wildman–Crippen LogP) is 3.66. The first-order valence-electron chi connectivity index (χ1n) is 6.80. The highest BCUT2D eigenvalue weighted by atomic mass is 79.9. The molecule has 0 spiro atoms. The summed E-state index contributed by atoms with van der Waals surface area (Å²) in [6, 6.07) is 3.93. The van der Waals surface area contributed by atoms with Crippen LogP contribution in [0.5, 0.6) is 0 Å². The summed E-state index contributed by atoms with van der Waals surface area (Å²) in [6.45, 7) is 4.64. The molecule has 1 atom stereocenters. The van der Waals surface area contributed by atoms with Crippen LogP contribution in [0.2, 0.25) is 0 Å². The monoisotopic (exact) mass is 357 g/mol. The molecule has 0 fully saturated rings. The molecular weight excluding hydrogens is 340 g/mol. The van der Waals surface area contributed by atoms with Crippen LogP contribution in [0.3, 0.4) is 0 Å². The maximum Gasteiger partial charge on any atom is 0.159 e. The van der Waals surface area contributed by atoms with Crippen molar-refractivity contribution in [2.24, 2.45) is 7.05 Å². The summed E-state index contributed by atoms with van der Waals surface area (Å²) in [5, 5.41) is 7.66. The number of halogens is 3. The topological polar surface area (TPSA) is 29.9 Å². The van der Waals surface area contributed by atoms with Crippen molar-refractivity contribution in [2.75, 3.05) is 6.54 Å². The van der Waals surface area contributed by atoms with E-state index in [1.54, 1.807) is 6.07 Å². The Hall–Kier alpha value is -1.27. The van der Waals surface area contributed by atoms with Gasteiger partial charge in [0.05, 0.1) is 15.9 Å². The molecule has 0 bridgehead atoms. The summed E-state index contributed by atoms with van der Waals surface area (Å²) in [5.74, 6) is -1.65. The Morgan fingerprint density at radius 1 is 1.33 bits per heavy atom. The van der Waals surface area contributed by atoms with Gasteiger partial charge in [-0.3, -0.25) is 4.68 Å². The van der Waals surface area contributed by atoms with Gasteiger partial charge in [0, 0.05) is 19.5 Å². The molecule has 1 aromatic carbocycles. The molecule has 21 heavy (non-hydrogen) atoms. The molecule has 0 radical (unpaired) electrons. The zero-order valence-corrected chi connectivity index (χ0v) is 13.8. The normalized spacial score (nSPS) is 12.7. The van der Waals surface area contributed by atoms with E-state index in [0.717, 1.165) is 28.0 Å². The lowest BCUT2D eigenvalue weighted by Crippen LogP contribution is -2.24. The van der Waals surface area contributed by atoms with Crippen molar-refractivity contribution in [3.63, 3.8) is 0 Å². The second-order valence-corrected chi connectivity index (χ2v) is 5.75. The Labute approximate surface area is 131 Å². The van der Waals surface area contributed by atoms with E-state index < -0.39 is 11.6 Å². The van der Waals surface area contributed by atoms with Crippen molar-refractivity contribution in [2.45, 2.75) is 26.3 Å². The van der Waals surface area contributed by atoms with E-state index in [-0.39, 0.29) is 6.04 Å². The fourth-order valence-electron chi connectivity index (χ4n) is 2.38. The third-order valence-electron chi connectivity index (χ3n) is 3.46. The first-order chi connectivity index (χ1) is 9.93. The highest BCUT2D eigenvalue weighted by Gasteiger charge is 2.18. The quantitative estimate of drug-likeness (QED) is 0.884. The summed E-state index contributed by atoms with van der Waals surface area (Å²) >= 11 is 3.53. The Morgan fingerprint density at radius 3 is 2.57 bits per heavy atom.